The first-order valence-corrected chi connectivity index (χ1v) is 6.00. The minimum absolute atomic E-state index is 0.415. The van der Waals surface area contributed by atoms with Crippen molar-refractivity contribution in [1.29, 1.82) is 0 Å². The number of carbonyl (C=O) groups excluding carboxylic acids is 1. The van der Waals surface area contributed by atoms with E-state index in [1.54, 1.807) is 26.8 Å². The Morgan fingerprint density at radius 1 is 1.43 bits per heavy atom. The summed E-state index contributed by atoms with van der Waals surface area (Å²) >= 11 is 0. The average Bonchev–Trinajstić information content (AvgIpc) is 2.83. The third kappa shape index (κ3) is 1.97. The van der Waals surface area contributed by atoms with E-state index in [-0.39, 0.29) is 0 Å². The van der Waals surface area contributed by atoms with Crippen LogP contribution < -0.4 is 4.72 Å². The molecule has 0 aliphatic heterocycles. The summed E-state index contributed by atoms with van der Waals surface area (Å²) in [7, 11) is -3.48. The van der Waals surface area contributed by atoms with E-state index in [4.69, 9.17) is 0 Å². The van der Waals surface area contributed by atoms with E-state index in [0.29, 0.717) is 18.4 Å². The van der Waals surface area contributed by atoms with Crippen molar-refractivity contribution < 1.29 is 13.2 Å². The molecule has 0 aromatic carbocycles. The van der Waals surface area contributed by atoms with Crippen LogP contribution in [0.2, 0.25) is 0 Å². The van der Waals surface area contributed by atoms with Crippen LogP contribution in [0.25, 0.3) is 0 Å². The number of rotatable bonds is 3. The summed E-state index contributed by atoms with van der Waals surface area (Å²) in [6, 6.07) is 0. The van der Waals surface area contributed by atoms with Gasteiger partial charge in [-0.1, -0.05) is 6.08 Å². The molecule has 0 aromatic rings. The van der Waals surface area contributed by atoms with Crippen molar-refractivity contribution in [3.63, 3.8) is 0 Å². The van der Waals surface area contributed by atoms with Crippen LogP contribution in [0.4, 0.5) is 0 Å². The molecule has 0 saturated heterocycles. The molecule has 1 amide bonds. The van der Waals surface area contributed by atoms with E-state index in [1.807, 2.05) is 0 Å². The van der Waals surface area contributed by atoms with Gasteiger partial charge in [-0.2, -0.15) is 0 Å². The lowest BCUT2D eigenvalue weighted by Crippen LogP contribution is -2.38. The predicted octanol–water partition coefficient (Wildman–Crippen LogP) is 0.951. The molecule has 1 aliphatic carbocycles. The van der Waals surface area contributed by atoms with Crippen molar-refractivity contribution in [3.8, 4) is 0 Å². The highest BCUT2D eigenvalue weighted by molar-refractivity contribution is 7.91. The Bertz CT molecular complexity index is 377. The fourth-order valence-electron chi connectivity index (χ4n) is 0.902. The van der Waals surface area contributed by atoms with Gasteiger partial charge in [0.2, 0.25) is 10.0 Å². The molecule has 14 heavy (non-hydrogen) atoms. The first-order valence-electron chi connectivity index (χ1n) is 4.52. The molecule has 4 nitrogen and oxygen atoms in total. The number of nitrogens with one attached hydrogen (secondary N) is 1. The van der Waals surface area contributed by atoms with Gasteiger partial charge in [-0.05, 0) is 33.6 Å². The van der Waals surface area contributed by atoms with E-state index in [9.17, 15) is 13.2 Å². The molecule has 1 aliphatic rings. The molecule has 80 valence electrons. The molecule has 0 heterocycles. The summed E-state index contributed by atoms with van der Waals surface area (Å²) in [6.45, 7) is 4.92. The maximum Gasteiger partial charge on any atom is 0.260 e. The summed E-state index contributed by atoms with van der Waals surface area (Å²) < 4.78 is 24.5. The van der Waals surface area contributed by atoms with E-state index >= 15 is 0 Å². The van der Waals surface area contributed by atoms with Crippen molar-refractivity contribution in [2.24, 2.45) is 0 Å². The highest BCUT2D eigenvalue weighted by atomic mass is 32.2. The predicted molar refractivity (Wildman–Crippen MR) is 54.1 cm³/mol. The fraction of sp³-hybridized carbons (Fsp3) is 0.667. The Kier molecular flexibility index (Phi) is 2.71. The Morgan fingerprint density at radius 3 is 2.29 bits per heavy atom. The highest BCUT2D eigenvalue weighted by Gasteiger charge is 2.50. The standard InChI is InChI=1S/C9H15NO3S/c1-4-7(2)8(11)10-14(12,13)9(3)5-6-9/h4H,5-6H2,1-3H3,(H,10,11). The Labute approximate surface area is 84.4 Å². The molecular formula is C9H15NO3S. The van der Waals surface area contributed by atoms with Gasteiger partial charge in [0.1, 0.15) is 0 Å². The number of sulfonamides is 1. The van der Waals surface area contributed by atoms with Gasteiger partial charge in [-0.15, -0.1) is 0 Å². The Balaban J connectivity index is 2.75. The fourth-order valence-corrected chi connectivity index (χ4v) is 2.19. The summed E-state index contributed by atoms with van der Waals surface area (Å²) in [6.07, 6.45) is 2.84. The SMILES string of the molecule is CC=C(C)C(=O)NS(=O)(=O)C1(C)CC1. The normalized spacial score (nSPS) is 20.4. The van der Waals surface area contributed by atoms with Crippen LogP contribution in [0.15, 0.2) is 11.6 Å². The van der Waals surface area contributed by atoms with Crippen LogP contribution in [0.1, 0.15) is 33.6 Å². The van der Waals surface area contributed by atoms with Crippen LogP contribution in [-0.4, -0.2) is 19.1 Å². The zero-order chi connectivity index (χ0) is 11.0. The minimum Gasteiger partial charge on any atom is -0.269 e. The average molecular weight is 217 g/mol. The number of amides is 1. The van der Waals surface area contributed by atoms with Crippen molar-refractivity contribution in [1.82, 2.24) is 4.72 Å². The zero-order valence-corrected chi connectivity index (χ0v) is 9.44. The van der Waals surface area contributed by atoms with Crippen molar-refractivity contribution in [2.75, 3.05) is 0 Å². The maximum absolute atomic E-state index is 11.6. The second-order valence-corrected chi connectivity index (χ2v) is 6.05. The van der Waals surface area contributed by atoms with Crippen molar-refractivity contribution in [2.45, 2.75) is 38.4 Å². The molecule has 0 unspecified atom stereocenters. The summed E-state index contributed by atoms with van der Waals surface area (Å²) in [5, 5.41) is 0. The summed E-state index contributed by atoms with van der Waals surface area (Å²) in [5.41, 5.74) is 0.415. The minimum atomic E-state index is -3.48. The molecule has 1 N–H and O–H groups in total. The largest absolute Gasteiger partial charge is 0.269 e. The van der Waals surface area contributed by atoms with Crippen LogP contribution >= 0.6 is 0 Å². The molecule has 0 atom stereocenters. The maximum atomic E-state index is 11.6. The second-order valence-electron chi connectivity index (χ2n) is 3.86. The van der Waals surface area contributed by atoms with E-state index in [1.165, 1.54) is 0 Å². The molecule has 1 fully saturated rings. The number of hydrogen-bond acceptors (Lipinski definition) is 3. The molecule has 0 spiro atoms. The van der Waals surface area contributed by atoms with Gasteiger partial charge in [0.25, 0.3) is 5.91 Å². The Morgan fingerprint density at radius 2 is 1.93 bits per heavy atom. The molecule has 1 saturated carbocycles. The third-order valence-electron chi connectivity index (χ3n) is 2.62. The van der Waals surface area contributed by atoms with E-state index in [2.05, 4.69) is 4.72 Å². The van der Waals surface area contributed by atoms with Gasteiger partial charge >= 0.3 is 0 Å². The van der Waals surface area contributed by atoms with Crippen molar-refractivity contribution >= 4 is 15.9 Å². The van der Waals surface area contributed by atoms with Crippen LogP contribution in [0, 0.1) is 0 Å². The van der Waals surface area contributed by atoms with Crippen molar-refractivity contribution in [3.05, 3.63) is 11.6 Å². The smallest absolute Gasteiger partial charge is 0.260 e. The van der Waals surface area contributed by atoms with Gasteiger partial charge in [0.15, 0.2) is 0 Å². The summed E-state index contributed by atoms with van der Waals surface area (Å²) in [5.74, 6) is -0.527. The lowest BCUT2D eigenvalue weighted by molar-refractivity contribution is -0.115. The van der Waals surface area contributed by atoms with Gasteiger partial charge in [0, 0.05) is 5.57 Å². The van der Waals surface area contributed by atoms with Crippen LogP contribution in [0.3, 0.4) is 0 Å². The molecule has 0 radical (unpaired) electrons. The van der Waals surface area contributed by atoms with Crippen LogP contribution in [0.5, 0.6) is 0 Å². The van der Waals surface area contributed by atoms with Crippen LogP contribution in [-0.2, 0) is 14.8 Å². The molecular weight excluding hydrogens is 202 g/mol. The highest BCUT2D eigenvalue weighted by Crippen LogP contribution is 2.42. The quantitative estimate of drug-likeness (QED) is 0.716. The molecule has 0 bridgehead atoms. The second kappa shape index (κ2) is 3.38. The number of carbonyl (C=O) groups is 1. The zero-order valence-electron chi connectivity index (χ0n) is 8.62. The molecule has 5 heteroatoms. The topological polar surface area (TPSA) is 63.2 Å². The van der Waals surface area contributed by atoms with E-state index < -0.39 is 20.7 Å². The first kappa shape index (κ1) is 11.2. The van der Waals surface area contributed by atoms with Gasteiger partial charge < -0.3 is 0 Å². The monoisotopic (exact) mass is 217 g/mol. The lowest BCUT2D eigenvalue weighted by Gasteiger charge is -2.11. The van der Waals surface area contributed by atoms with E-state index in [0.717, 1.165) is 0 Å². The van der Waals surface area contributed by atoms with Gasteiger partial charge in [-0.3, -0.25) is 4.79 Å². The first-order chi connectivity index (χ1) is 6.32. The molecule has 1 rings (SSSR count). The summed E-state index contributed by atoms with van der Waals surface area (Å²) in [4.78, 5) is 11.3. The third-order valence-corrected chi connectivity index (χ3v) is 4.78. The van der Waals surface area contributed by atoms with Gasteiger partial charge in [-0.25, -0.2) is 13.1 Å². The number of allylic oxidation sites excluding steroid dienone is 1. The lowest BCUT2D eigenvalue weighted by atomic mass is 10.3. The van der Waals surface area contributed by atoms with Gasteiger partial charge in [0.05, 0.1) is 4.75 Å². The Hall–Kier alpha value is -0.840. The number of hydrogen-bond donors (Lipinski definition) is 1. The molecule has 0 aromatic heterocycles.